The molecule has 1 aromatic carbocycles. The second-order valence-corrected chi connectivity index (χ2v) is 6.93. The number of nitrogens with one attached hydrogen (secondary N) is 2. The molecular weight excluding hydrogens is 328 g/mol. The number of rotatable bonds is 5. The maximum Gasteiger partial charge on any atom is 0.302 e. The lowest BCUT2D eigenvalue weighted by molar-refractivity contribution is 0.0931. The van der Waals surface area contributed by atoms with Crippen LogP contribution in [-0.2, 0) is 0 Å². The summed E-state index contributed by atoms with van der Waals surface area (Å²) in [4.78, 5) is 12.4. The molecule has 3 atom stereocenters. The second kappa shape index (κ2) is 6.37. The Morgan fingerprint density at radius 1 is 1.25 bits per heavy atom. The third-order valence-electron chi connectivity index (χ3n) is 4.50. The topological polar surface area (TPSA) is 85.4 Å². The van der Waals surface area contributed by atoms with Crippen LogP contribution in [0.5, 0.6) is 16.1 Å². The summed E-state index contributed by atoms with van der Waals surface area (Å²) in [6.45, 7) is 0. The average molecular weight is 346 g/mol. The van der Waals surface area contributed by atoms with Gasteiger partial charge in [-0.05, 0) is 54.9 Å². The molecule has 3 heterocycles. The Bertz CT molecular complexity index is 733. The molecule has 2 aliphatic heterocycles. The summed E-state index contributed by atoms with van der Waals surface area (Å²) in [7, 11) is 1.53. The molecule has 0 spiro atoms. The fourth-order valence-electron chi connectivity index (χ4n) is 3.33. The van der Waals surface area contributed by atoms with E-state index in [0.717, 1.165) is 12.8 Å². The molecule has 0 aliphatic carbocycles. The van der Waals surface area contributed by atoms with E-state index in [1.54, 1.807) is 24.3 Å². The third-order valence-corrected chi connectivity index (χ3v) is 5.26. The molecule has 8 heteroatoms. The van der Waals surface area contributed by atoms with Gasteiger partial charge in [0.1, 0.15) is 5.75 Å². The zero-order chi connectivity index (χ0) is 16.5. The van der Waals surface area contributed by atoms with E-state index in [2.05, 4.69) is 20.8 Å². The number of carbonyl (C=O) groups excluding carboxylic acids is 1. The van der Waals surface area contributed by atoms with Gasteiger partial charge in [0.2, 0.25) is 0 Å². The van der Waals surface area contributed by atoms with Crippen molar-refractivity contribution in [2.45, 2.75) is 37.4 Å². The molecule has 2 saturated heterocycles. The van der Waals surface area contributed by atoms with Crippen molar-refractivity contribution in [1.29, 1.82) is 0 Å². The number of methoxy groups -OCH3 is 1. The molecule has 1 amide bonds. The van der Waals surface area contributed by atoms with E-state index < -0.39 is 0 Å². The van der Waals surface area contributed by atoms with Gasteiger partial charge in [0.05, 0.1) is 7.11 Å². The van der Waals surface area contributed by atoms with Gasteiger partial charge in [-0.25, -0.2) is 0 Å². The number of aromatic nitrogens is 2. The summed E-state index contributed by atoms with van der Waals surface area (Å²) in [5.74, 6) is 0.561. The molecule has 0 radical (unpaired) electrons. The van der Waals surface area contributed by atoms with Crippen LogP contribution in [0.3, 0.4) is 0 Å². The van der Waals surface area contributed by atoms with Crippen LogP contribution in [0.15, 0.2) is 24.3 Å². The molecule has 1 aromatic heterocycles. The quantitative estimate of drug-likeness (QED) is 0.861. The van der Waals surface area contributed by atoms with Gasteiger partial charge in [0, 0.05) is 23.7 Å². The van der Waals surface area contributed by atoms with Gasteiger partial charge in [-0.3, -0.25) is 4.79 Å². The highest BCUT2D eigenvalue weighted by Gasteiger charge is 2.39. The van der Waals surface area contributed by atoms with E-state index in [0.29, 0.717) is 33.8 Å². The van der Waals surface area contributed by atoms with Crippen LogP contribution >= 0.6 is 11.3 Å². The zero-order valence-corrected chi connectivity index (χ0v) is 14.0. The van der Waals surface area contributed by atoms with Gasteiger partial charge in [-0.15, -0.1) is 0 Å². The molecule has 0 saturated carbocycles. The summed E-state index contributed by atoms with van der Waals surface area (Å²) < 4.78 is 10.6. The van der Waals surface area contributed by atoms with E-state index >= 15 is 0 Å². The molecular formula is C16H18N4O3S. The van der Waals surface area contributed by atoms with Crippen molar-refractivity contribution in [3.8, 4) is 16.1 Å². The lowest BCUT2D eigenvalue weighted by Gasteiger charge is -2.21. The molecule has 0 unspecified atom stereocenters. The van der Waals surface area contributed by atoms with Crippen molar-refractivity contribution < 1.29 is 14.3 Å². The van der Waals surface area contributed by atoms with Crippen LogP contribution in [0.25, 0.3) is 0 Å². The number of hydrogen-bond donors (Lipinski definition) is 2. The molecule has 2 bridgehead atoms. The van der Waals surface area contributed by atoms with Crippen LogP contribution in [0.1, 0.15) is 29.6 Å². The highest BCUT2D eigenvalue weighted by atomic mass is 32.1. The second-order valence-electron chi connectivity index (χ2n) is 6.03. The van der Waals surface area contributed by atoms with E-state index in [1.165, 1.54) is 24.9 Å². The summed E-state index contributed by atoms with van der Waals surface area (Å²) in [5, 5.41) is 15.2. The number of ether oxygens (including phenoxy) is 2. The SMILES string of the molecule is COc1nnc(Oc2ccc(C(=O)N[C@@H]3C[C@H]4CC[C@@H]3N4)cc2)s1. The van der Waals surface area contributed by atoms with E-state index in [-0.39, 0.29) is 11.9 Å². The minimum Gasteiger partial charge on any atom is -0.472 e. The molecule has 2 fully saturated rings. The predicted molar refractivity (Wildman–Crippen MR) is 88.8 cm³/mol. The Hall–Kier alpha value is -2.19. The predicted octanol–water partition coefficient (Wildman–Crippen LogP) is 1.96. The Morgan fingerprint density at radius 2 is 2.04 bits per heavy atom. The van der Waals surface area contributed by atoms with Gasteiger partial charge in [-0.1, -0.05) is 10.2 Å². The molecule has 2 aromatic rings. The zero-order valence-electron chi connectivity index (χ0n) is 13.2. The van der Waals surface area contributed by atoms with Gasteiger partial charge >= 0.3 is 5.19 Å². The van der Waals surface area contributed by atoms with E-state index in [4.69, 9.17) is 9.47 Å². The van der Waals surface area contributed by atoms with Crippen LogP contribution in [0, 0.1) is 0 Å². The fourth-order valence-corrected chi connectivity index (χ4v) is 3.87. The number of nitrogens with zero attached hydrogens (tertiary/aromatic N) is 2. The normalized spacial score (nSPS) is 24.8. The van der Waals surface area contributed by atoms with E-state index in [1.807, 2.05) is 0 Å². The first-order valence-electron chi connectivity index (χ1n) is 7.93. The lowest BCUT2D eigenvalue weighted by atomic mass is 9.95. The number of fused-ring (bicyclic) bond motifs is 2. The molecule has 7 nitrogen and oxygen atoms in total. The van der Waals surface area contributed by atoms with Crippen molar-refractivity contribution in [2.75, 3.05) is 7.11 Å². The maximum absolute atomic E-state index is 12.4. The van der Waals surface area contributed by atoms with Crippen LogP contribution in [-0.4, -0.2) is 41.3 Å². The van der Waals surface area contributed by atoms with Gasteiger partial charge in [-0.2, -0.15) is 0 Å². The molecule has 4 rings (SSSR count). The highest BCUT2D eigenvalue weighted by Crippen LogP contribution is 2.30. The summed E-state index contributed by atoms with van der Waals surface area (Å²) in [6.07, 6.45) is 3.39. The first-order chi connectivity index (χ1) is 11.7. The Morgan fingerprint density at radius 3 is 2.67 bits per heavy atom. The van der Waals surface area contributed by atoms with Crippen LogP contribution in [0.2, 0.25) is 0 Å². The maximum atomic E-state index is 12.4. The Kier molecular flexibility index (Phi) is 4.07. The van der Waals surface area contributed by atoms with E-state index in [9.17, 15) is 4.79 Å². The van der Waals surface area contributed by atoms with Crippen LogP contribution < -0.4 is 20.1 Å². The number of hydrogen-bond acceptors (Lipinski definition) is 7. The van der Waals surface area contributed by atoms with Gasteiger partial charge < -0.3 is 20.1 Å². The molecule has 24 heavy (non-hydrogen) atoms. The van der Waals surface area contributed by atoms with Crippen molar-refractivity contribution in [2.24, 2.45) is 0 Å². The van der Waals surface area contributed by atoms with Crippen molar-refractivity contribution >= 4 is 17.2 Å². The highest BCUT2D eigenvalue weighted by molar-refractivity contribution is 7.14. The minimum absolute atomic E-state index is 0.0431. The van der Waals surface area contributed by atoms with Gasteiger partial charge in [0.25, 0.3) is 11.1 Å². The standard InChI is InChI=1S/C16H18N4O3S/c1-22-15-19-20-16(24-15)23-11-5-2-9(3-6-11)14(21)18-13-8-10-4-7-12(13)17-10/h2-3,5-6,10,12-13,17H,4,7-8H2,1H3,(H,18,21)/t10-,12+,13-/m1/s1. The molecule has 2 aliphatic rings. The first kappa shape index (κ1) is 15.3. The van der Waals surface area contributed by atoms with Crippen molar-refractivity contribution in [1.82, 2.24) is 20.8 Å². The van der Waals surface area contributed by atoms with Crippen molar-refractivity contribution in [3.63, 3.8) is 0 Å². The summed E-state index contributed by atoms with van der Waals surface area (Å²) in [5.41, 5.74) is 0.625. The number of carbonyl (C=O) groups is 1. The number of amides is 1. The largest absolute Gasteiger partial charge is 0.472 e. The summed E-state index contributed by atoms with van der Waals surface area (Å²) in [6, 6.07) is 8.24. The monoisotopic (exact) mass is 346 g/mol. The fraction of sp³-hybridized carbons (Fsp3) is 0.438. The molecule has 126 valence electrons. The lowest BCUT2D eigenvalue weighted by Crippen LogP contribution is -2.42. The van der Waals surface area contributed by atoms with Gasteiger partial charge in [0.15, 0.2) is 0 Å². The number of benzene rings is 1. The first-order valence-corrected chi connectivity index (χ1v) is 8.75. The molecule has 2 N–H and O–H groups in total. The Balaban J connectivity index is 1.37. The van der Waals surface area contributed by atoms with Crippen LogP contribution in [0.4, 0.5) is 0 Å². The van der Waals surface area contributed by atoms with Crippen molar-refractivity contribution in [3.05, 3.63) is 29.8 Å². The smallest absolute Gasteiger partial charge is 0.302 e. The Labute approximate surface area is 143 Å². The summed E-state index contributed by atoms with van der Waals surface area (Å²) >= 11 is 1.21. The minimum atomic E-state index is -0.0431. The average Bonchev–Trinajstić information content (AvgIpc) is 3.32. The third kappa shape index (κ3) is 3.07.